The van der Waals surface area contributed by atoms with E-state index in [1.54, 1.807) is 23.1 Å². The highest BCUT2D eigenvalue weighted by atomic mass is 16.4. The highest BCUT2D eigenvalue weighted by molar-refractivity contribution is 5.89. The molecule has 2 amide bonds. The zero-order valence-corrected chi connectivity index (χ0v) is 12.5. The Hall–Kier alpha value is -2.30. The molecule has 0 unspecified atom stereocenters. The fourth-order valence-corrected chi connectivity index (χ4v) is 1.87. The molecular formula is C16H22N2O3. The van der Waals surface area contributed by atoms with Gasteiger partial charge in [0.15, 0.2) is 0 Å². The second-order valence-electron chi connectivity index (χ2n) is 5.06. The fourth-order valence-electron chi connectivity index (χ4n) is 1.87. The van der Waals surface area contributed by atoms with Crippen LogP contribution in [0.4, 0.5) is 10.5 Å². The summed E-state index contributed by atoms with van der Waals surface area (Å²) in [6, 6.07) is 7.11. The van der Waals surface area contributed by atoms with E-state index in [4.69, 9.17) is 5.11 Å². The lowest BCUT2D eigenvalue weighted by atomic mass is 10.1. The first-order valence-corrected chi connectivity index (χ1v) is 6.93. The molecule has 0 bridgehead atoms. The van der Waals surface area contributed by atoms with E-state index < -0.39 is 5.97 Å². The zero-order chi connectivity index (χ0) is 15.8. The minimum absolute atomic E-state index is 0.0813. The molecule has 0 radical (unpaired) electrons. The number of aliphatic carboxylic acids is 1. The first-order valence-electron chi connectivity index (χ1n) is 6.93. The summed E-state index contributed by atoms with van der Waals surface area (Å²) in [6.45, 7) is 8.02. The normalized spacial score (nSPS) is 10.2. The van der Waals surface area contributed by atoms with Crippen molar-refractivity contribution in [2.75, 3.05) is 11.9 Å². The van der Waals surface area contributed by atoms with E-state index >= 15 is 0 Å². The molecule has 2 N–H and O–H groups in total. The number of hydrogen-bond donors (Lipinski definition) is 2. The van der Waals surface area contributed by atoms with Gasteiger partial charge in [0.2, 0.25) is 0 Å². The highest BCUT2D eigenvalue weighted by Crippen LogP contribution is 2.12. The molecule has 0 aliphatic heterocycles. The number of anilines is 1. The number of hydrogen-bond acceptors (Lipinski definition) is 2. The summed E-state index contributed by atoms with van der Waals surface area (Å²) in [5, 5.41) is 11.5. The number of urea groups is 1. The van der Waals surface area contributed by atoms with Crippen molar-refractivity contribution in [1.82, 2.24) is 4.90 Å². The molecule has 0 spiro atoms. The van der Waals surface area contributed by atoms with Gasteiger partial charge >= 0.3 is 12.0 Å². The zero-order valence-electron chi connectivity index (χ0n) is 12.5. The van der Waals surface area contributed by atoms with E-state index in [0.717, 1.165) is 5.56 Å². The van der Waals surface area contributed by atoms with Gasteiger partial charge in [-0.2, -0.15) is 0 Å². The van der Waals surface area contributed by atoms with Crippen LogP contribution in [0.2, 0.25) is 0 Å². The Bertz CT molecular complexity index is 495. The quantitative estimate of drug-likeness (QED) is 0.758. The monoisotopic (exact) mass is 290 g/mol. The topological polar surface area (TPSA) is 69.6 Å². The molecule has 0 heterocycles. The van der Waals surface area contributed by atoms with Crippen LogP contribution < -0.4 is 5.32 Å². The second-order valence-corrected chi connectivity index (χ2v) is 5.06. The van der Waals surface area contributed by atoms with Crippen LogP contribution in [0.3, 0.4) is 0 Å². The summed E-state index contributed by atoms with van der Waals surface area (Å²) in [6.07, 6.45) is 2.28. The molecule has 21 heavy (non-hydrogen) atoms. The number of carbonyl (C=O) groups excluding carboxylic acids is 1. The Balaban J connectivity index is 2.63. The van der Waals surface area contributed by atoms with E-state index in [-0.39, 0.29) is 18.5 Å². The minimum Gasteiger partial charge on any atom is -0.481 e. The van der Waals surface area contributed by atoms with E-state index in [0.29, 0.717) is 18.7 Å². The van der Waals surface area contributed by atoms with Gasteiger partial charge in [0.05, 0.1) is 0 Å². The average Bonchev–Trinajstić information content (AvgIpc) is 2.43. The number of carbonyl (C=O) groups is 2. The van der Waals surface area contributed by atoms with Crippen LogP contribution in [0.1, 0.15) is 25.8 Å². The molecule has 0 aromatic heterocycles. The highest BCUT2D eigenvalue weighted by Gasteiger charge is 2.15. The molecule has 5 nitrogen and oxygen atoms in total. The molecule has 0 fully saturated rings. The van der Waals surface area contributed by atoms with Gasteiger partial charge in [0.1, 0.15) is 0 Å². The van der Waals surface area contributed by atoms with Crippen LogP contribution in [-0.4, -0.2) is 34.6 Å². The van der Waals surface area contributed by atoms with E-state index in [9.17, 15) is 9.59 Å². The molecule has 1 aromatic carbocycles. The SMILES string of the molecule is C=CCN(C(=O)Nc1ccc(CCC(=O)O)cc1)C(C)C. The van der Waals surface area contributed by atoms with Crippen molar-refractivity contribution < 1.29 is 14.7 Å². The first-order chi connectivity index (χ1) is 9.93. The summed E-state index contributed by atoms with van der Waals surface area (Å²) in [4.78, 5) is 24.3. The first kappa shape index (κ1) is 16.8. The molecular weight excluding hydrogens is 268 g/mol. The van der Waals surface area contributed by atoms with Gasteiger partial charge in [-0.3, -0.25) is 4.79 Å². The van der Waals surface area contributed by atoms with Gasteiger partial charge in [-0.05, 0) is 38.0 Å². The molecule has 1 rings (SSSR count). The maximum atomic E-state index is 12.1. The van der Waals surface area contributed by atoms with Crippen molar-refractivity contribution in [2.24, 2.45) is 0 Å². The van der Waals surface area contributed by atoms with E-state index in [1.165, 1.54) is 0 Å². The number of nitrogens with one attached hydrogen (secondary N) is 1. The van der Waals surface area contributed by atoms with Crippen LogP contribution >= 0.6 is 0 Å². The molecule has 0 aliphatic carbocycles. The summed E-state index contributed by atoms with van der Waals surface area (Å²) in [7, 11) is 0. The van der Waals surface area contributed by atoms with E-state index in [1.807, 2.05) is 26.0 Å². The fraction of sp³-hybridized carbons (Fsp3) is 0.375. The number of carboxylic acids is 1. The Labute approximate surface area is 125 Å². The summed E-state index contributed by atoms with van der Waals surface area (Å²) in [5.74, 6) is -0.815. The third-order valence-electron chi connectivity index (χ3n) is 3.04. The lowest BCUT2D eigenvalue weighted by Crippen LogP contribution is -2.40. The van der Waals surface area contributed by atoms with Crippen molar-refractivity contribution in [1.29, 1.82) is 0 Å². The number of aryl methyl sites for hydroxylation is 1. The van der Waals surface area contributed by atoms with Gasteiger partial charge < -0.3 is 15.3 Å². The number of carboxylic acid groups (broad SMARTS) is 1. The predicted octanol–water partition coefficient (Wildman–Crippen LogP) is 3.13. The van der Waals surface area contributed by atoms with Gasteiger partial charge in [-0.1, -0.05) is 18.2 Å². The Morgan fingerprint density at radius 3 is 2.43 bits per heavy atom. The Morgan fingerprint density at radius 2 is 1.95 bits per heavy atom. The largest absolute Gasteiger partial charge is 0.481 e. The number of rotatable bonds is 7. The Morgan fingerprint density at radius 1 is 1.33 bits per heavy atom. The standard InChI is InChI=1S/C16H22N2O3/c1-4-11-18(12(2)3)16(21)17-14-8-5-13(6-9-14)7-10-15(19)20/h4-6,8-9,12H,1,7,10-11H2,2-3H3,(H,17,21)(H,19,20). The van der Waals surface area contributed by atoms with Crippen LogP contribution in [-0.2, 0) is 11.2 Å². The molecule has 0 saturated carbocycles. The molecule has 0 saturated heterocycles. The van der Waals surface area contributed by atoms with Crippen LogP contribution in [0, 0.1) is 0 Å². The molecule has 0 aliphatic rings. The van der Waals surface area contributed by atoms with Crippen molar-refractivity contribution in [2.45, 2.75) is 32.7 Å². The lowest BCUT2D eigenvalue weighted by molar-refractivity contribution is -0.136. The van der Waals surface area contributed by atoms with Crippen molar-refractivity contribution in [3.63, 3.8) is 0 Å². The maximum Gasteiger partial charge on any atom is 0.322 e. The minimum atomic E-state index is -0.815. The molecule has 5 heteroatoms. The van der Waals surface area contributed by atoms with Crippen molar-refractivity contribution >= 4 is 17.7 Å². The van der Waals surface area contributed by atoms with Crippen LogP contribution in [0.15, 0.2) is 36.9 Å². The number of benzene rings is 1. The number of nitrogens with zero attached hydrogens (tertiary/aromatic N) is 1. The van der Waals surface area contributed by atoms with Gasteiger partial charge in [-0.15, -0.1) is 6.58 Å². The lowest BCUT2D eigenvalue weighted by Gasteiger charge is -2.25. The average molecular weight is 290 g/mol. The van der Waals surface area contributed by atoms with Crippen molar-refractivity contribution in [3.05, 3.63) is 42.5 Å². The van der Waals surface area contributed by atoms with E-state index in [2.05, 4.69) is 11.9 Å². The van der Waals surface area contributed by atoms with Gasteiger partial charge in [0, 0.05) is 24.7 Å². The van der Waals surface area contributed by atoms with Gasteiger partial charge in [-0.25, -0.2) is 4.79 Å². The predicted molar refractivity (Wildman–Crippen MR) is 83.5 cm³/mol. The summed E-state index contributed by atoms with van der Waals surface area (Å²) < 4.78 is 0. The summed E-state index contributed by atoms with van der Waals surface area (Å²) in [5.41, 5.74) is 1.62. The summed E-state index contributed by atoms with van der Waals surface area (Å²) >= 11 is 0. The van der Waals surface area contributed by atoms with Crippen LogP contribution in [0.5, 0.6) is 0 Å². The van der Waals surface area contributed by atoms with Gasteiger partial charge in [0.25, 0.3) is 0 Å². The maximum absolute atomic E-state index is 12.1. The molecule has 114 valence electrons. The van der Waals surface area contributed by atoms with Crippen LogP contribution in [0.25, 0.3) is 0 Å². The number of amides is 2. The molecule has 0 atom stereocenters. The Kier molecular flexibility index (Phi) is 6.46. The third-order valence-corrected chi connectivity index (χ3v) is 3.04. The third kappa shape index (κ3) is 5.69. The smallest absolute Gasteiger partial charge is 0.322 e. The molecule has 1 aromatic rings. The van der Waals surface area contributed by atoms with Crippen molar-refractivity contribution in [3.8, 4) is 0 Å². The second kappa shape index (κ2) is 8.09.